The summed E-state index contributed by atoms with van der Waals surface area (Å²) in [6, 6.07) is 0. The van der Waals surface area contributed by atoms with Crippen molar-refractivity contribution in [1.82, 2.24) is 0 Å². The Morgan fingerprint density at radius 2 is 0.750 bits per heavy atom. The maximum absolute atomic E-state index is 12.7. The molecule has 0 aromatic carbocycles. The summed E-state index contributed by atoms with van der Waals surface area (Å²) in [7, 11) is 0. The SMILES string of the molecule is CC/C=C/C=C/C=C/C=C/C=C/CCCC(=O)OC(COC(=O)CCCCC/C=C/C/C=C/C/C=C/C/C=C/CC)COC(=O)CCCCCCCCCCCCCCC. The Labute approximate surface area is 368 Å². The van der Waals surface area contributed by atoms with Gasteiger partial charge < -0.3 is 14.2 Å². The van der Waals surface area contributed by atoms with Gasteiger partial charge in [-0.1, -0.05) is 214 Å². The molecule has 0 N–H and O–H groups in total. The van der Waals surface area contributed by atoms with E-state index in [1.54, 1.807) is 0 Å². The highest BCUT2D eigenvalue weighted by atomic mass is 16.6. The smallest absolute Gasteiger partial charge is 0.306 e. The predicted molar refractivity (Wildman–Crippen MR) is 256 cm³/mol. The van der Waals surface area contributed by atoms with E-state index in [0.29, 0.717) is 19.3 Å². The fourth-order valence-electron chi connectivity index (χ4n) is 6.11. The molecule has 0 bridgehead atoms. The lowest BCUT2D eigenvalue weighted by atomic mass is 10.0. The van der Waals surface area contributed by atoms with Gasteiger partial charge in [0.25, 0.3) is 0 Å². The number of carbonyl (C=O) groups excluding carboxylic acids is 3. The van der Waals surface area contributed by atoms with E-state index in [4.69, 9.17) is 14.2 Å². The molecule has 0 aliphatic carbocycles. The van der Waals surface area contributed by atoms with Gasteiger partial charge in [-0.05, 0) is 70.6 Å². The molecule has 0 rings (SSSR count). The first-order valence-corrected chi connectivity index (χ1v) is 24.0. The van der Waals surface area contributed by atoms with Crippen molar-refractivity contribution in [2.45, 2.75) is 200 Å². The highest BCUT2D eigenvalue weighted by Crippen LogP contribution is 2.14. The standard InChI is InChI=1S/C54H86O6/c1-4-7-10-13-16-19-22-25-26-27-30-32-35-38-41-44-47-53(56)59-50-51(60-54(57)48-45-42-39-36-33-29-24-21-18-15-12-9-6-3)49-58-52(55)46-43-40-37-34-31-28-23-20-17-14-11-8-5-2/h7,9-10,12,15-16,18-19,21,24-26,29-30,32-33,36,39,51H,4-6,8,11,13-14,17,20,22-23,27-28,31,34-35,37-38,40-50H2,1-3H3/b10-7+,12-9+,18-15+,19-16+,24-21+,26-25+,32-30+,33-29+,39-36+. The summed E-state index contributed by atoms with van der Waals surface area (Å²) >= 11 is 0. The van der Waals surface area contributed by atoms with Crippen LogP contribution in [0.3, 0.4) is 0 Å². The number of unbranched alkanes of at least 4 members (excludes halogenated alkanes) is 16. The van der Waals surface area contributed by atoms with Crippen LogP contribution in [0.15, 0.2) is 109 Å². The van der Waals surface area contributed by atoms with E-state index in [0.717, 1.165) is 83.5 Å². The first-order valence-electron chi connectivity index (χ1n) is 24.0. The summed E-state index contributed by atoms with van der Waals surface area (Å²) < 4.78 is 16.6. The van der Waals surface area contributed by atoms with Crippen LogP contribution in [0.4, 0.5) is 0 Å². The van der Waals surface area contributed by atoms with E-state index in [9.17, 15) is 14.4 Å². The third kappa shape index (κ3) is 45.2. The minimum Gasteiger partial charge on any atom is -0.462 e. The van der Waals surface area contributed by atoms with E-state index >= 15 is 0 Å². The van der Waals surface area contributed by atoms with Crippen molar-refractivity contribution >= 4 is 17.9 Å². The molecule has 1 unspecified atom stereocenters. The third-order valence-electron chi connectivity index (χ3n) is 9.65. The van der Waals surface area contributed by atoms with E-state index in [1.165, 1.54) is 64.2 Å². The van der Waals surface area contributed by atoms with Gasteiger partial charge in [-0.25, -0.2) is 0 Å². The average Bonchev–Trinajstić information content (AvgIpc) is 3.24. The number of hydrogen-bond acceptors (Lipinski definition) is 6. The first-order chi connectivity index (χ1) is 29.5. The van der Waals surface area contributed by atoms with Crippen molar-refractivity contribution in [3.63, 3.8) is 0 Å². The number of hydrogen-bond donors (Lipinski definition) is 0. The molecule has 6 heteroatoms. The molecule has 0 heterocycles. The van der Waals surface area contributed by atoms with Gasteiger partial charge in [0.2, 0.25) is 0 Å². The van der Waals surface area contributed by atoms with E-state index < -0.39 is 12.1 Å². The van der Waals surface area contributed by atoms with E-state index in [2.05, 4.69) is 75.5 Å². The summed E-state index contributed by atoms with van der Waals surface area (Å²) in [6.07, 6.45) is 63.6. The van der Waals surface area contributed by atoms with Gasteiger partial charge in [0, 0.05) is 19.3 Å². The number of rotatable bonds is 41. The Kier molecular flexibility index (Phi) is 44.6. The number of esters is 3. The van der Waals surface area contributed by atoms with Crippen LogP contribution in [0, 0.1) is 0 Å². The monoisotopic (exact) mass is 831 g/mol. The lowest BCUT2D eigenvalue weighted by molar-refractivity contribution is -0.167. The maximum atomic E-state index is 12.7. The molecule has 0 radical (unpaired) electrons. The lowest BCUT2D eigenvalue weighted by Crippen LogP contribution is -2.30. The molecule has 1 atom stereocenters. The molecule has 60 heavy (non-hydrogen) atoms. The molecule has 0 aromatic rings. The second-order valence-corrected chi connectivity index (χ2v) is 15.4. The van der Waals surface area contributed by atoms with Gasteiger partial charge in [0.1, 0.15) is 13.2 Å². The molecular weight excluding hydrogens is 745 g/mol. The summed E-state index contributed by atoms with van der Waals surface area (Å²) in [5.41, 5.74) is 0. The number of carbonyl (C=O) groups is 3. The molecule has 338 valence electrons. The van der Waals surface area contributed by atoms with Crippen molar-refractivity contribution in [3.05, 3.63) is 109 Å². The van der Waals surface area contributed by atoms with Gasteiger partial charge in [-0.2, -0.15) is 0 Å². The summed E-state index contributed by atoms with van der Waals surface area (Å²) in [5.74, 6) is -1.03. The molecule has 0 saturated carbocycles. The highest BCUT2D eigenvalue weighted by molar-refractivity contribution is 5.71. The van der Waals surface area contributed by atoms with E-state index in [1.807, 2.05) is 54.7 Å². The molecule has 0 saturated heterocycles. The summed E-state index contributed by atoms with van der Waals surface area (Å²) in [6.45, 7) is 6.27. The zero-order valence-electron chi connectivity index (χ0n) is 38.4. The van der Waals surface area contributed by atoms with Crippen LogP contribution in [0.5, 0.6) is 0 Å². The van der Waals surface area contributed by atoms with Gasteiger partial charge in [0.05, 0.1) is 0 Å². The van der Waals surface area contributed by atoms with Gasteiger partial charge >= 0.3 is 17.9 Å². The van der Waals surface area contributed by atoms with Gasteiger partial charge in [0.15, 0.2) is 6.10 Å². The summed E-state index contributed by atoms with van der Waals surface area (Å²) in [4.78, 5) is 37.8. The fourth-order valence-corrected chi connectivity index (χ4v) is 6.11. The molecule has 0 aliphatic rings. The highest BCUT2D eigenvalue weighted by Gasteiger charge is 2.19. The van der Waals surface area contributed by atoms with E-state index in [-0.39, 0.29) is 31.6 Å². The molecule has 0 spiro atoms. The average molecular weight is 831 g/mol. The van der Waals surface area contributed by atoms with Crippen LogP contribution in [0.25, 0.3) is 0 Å². The Balaban J connectivity index is 4.55. The van der Waals surface area contributed by atoms with Crippen molar-refractivity contribution in [3.8, 4) is 0 Å². The van der Waals surface area contributed by atoms with Crippen LogP contribution in [0.1, 0.15) is 194 Å². The predicted octanol–water partition coefficient (Wildman–Crippen LogP) is 15.6. The normalized spacial score (nSPS) is 13.1. The topological polar surface area (TPSA) is 78.9 Å². The maximum Gasteiger partial charge on any atom is 0.306 e. The van der Waals surface area contributed by atoms with Crippen LogP contribution in [0.2, 0.25) is 0 Å². The second kappa shape index (κ2) is 47.7. The minimum absolute atomic E-state index is 0.118. The zero-order valence-corrected chi connectivity index (χ0v) is 38.4. The molecule has 6 nitrogen and oxygen atoms in total. The second-order valence-electron chi connectivity index (χ2n) is 15.4. The number of allylic oxidation sites excluding steroid dienone is 18. The van der Waals surface area contributed by atoms with Crippen LogP contribution < -0.4 is 0 Å². The largest absolute Gasteiger partial charge is 0.462 e. The molecule has 0 fully saturated rings. The zero-order chi connectivity index (χ0) is 43.7. The van der Waals surface area contributed by atoms with Crippen molar-refractivity contribution in [1.29, 1.82) is 0 Å². The Hall–Kier alpha value is -3.93. The molecular formula is C54H86O6. The molecule has 0 aliphatic heterocycles. The number of ether oxygens (including phenoxy) is 3. The summed E-state index contributed by atoms with van der Waals surface area (Å²) in [5, 5.41) is 0. The van der Waals surface area contributed by atoms with Crippen molar-refractivity contribution < 1.29 is 28.6 Å². The van der Waals surface area contributed by atoms with Crippen molar-refractivity contribution in [2.75, 3.05) is 13.2 Å². The van der Waals surface area contributed by atoms with Gasteiger partial charge in [-0.3, -0.25) is 14.4 Å². The Bertz CT molecular complexity index is 1280. The molecule has 0 aromatic heterocycles. The lowest BCUT2D eigenvalue weighted by Gasteiger charge is -2.18. The van der Waals surface area contributed by atoms with Crippen LogP contribution in [-0.4, -0.2) is 37.2 Å². The van der Waals surface area contributed by atoms with Gasteiger partial charge in [-0.15, -0.1) is 0 Å². The molecule has 0 amide bonds. The Morgan fingerprint density at radius 3 is 1.25 bits per heavy atom. The quantitative estimate of drug-likeness (QED) is 0.0201. The van der Waals surface area contributed by atoms with Crippen LogP contribution in [-0.2, 0) is 28.6 Å². The van der Waals surface area contributed by atoms with Crippen LogP contribution >= 0.6 is 0 Å². The van der Waals surface area contributed by atoms with Crippen molar-refractivity contribution in [2.24, 2.45) is 0 Å². The first kappa shape index (κ1) is 56.1. The third-order valence-corrected chi connectivity index (χ3v) is 9.65. The Morgan fingerprint density at radius 1 is 0.367 bits per heavy atom. The fraction of sp³-hybridized carbons (Fsp3) is 0.611. The minimum atomic E-state index is -0.827.